The van der Waals surface area contributed by atoms with Gasteiger partial charge in [-0.2, -0.15) is 0 Å². The van der Waals surface area contributed by atoms with Crippen LogP contribution in [-0.4, -0.2) is 225 Å². The van der Waals surface area contributed by atoms with E-state index in [2.05, 4.69) is 74.1 Å². The Bertz CT molecular complexity index is 4500. The summed E-state index contributed by atoms with van der Waals surface area (Å²) in [7, 11) is 1.31. The lowest BCUT2D eigenvalue weighted by atomic mass is 9.98. The number of rotatable bonds is 23. The number of carbonyl (C=O) groups excluding carboxylic acids is 14. The van der Waals surface area contributed by atoms with Crippen molar-refractivity contribution < 1.29 is 82.4 Å². The zero-order chi connectivity index (χ0) is 87.0. The maximum Gasteiger partial charge on any atom is 0.245 e. The molecule has 119 heavy (non-hydrogen) atoms. The molecule has 0 saturated carbocycles. The number of H-pyrrole nitrogens is 1. The molecule has 1 aromatic heterocycles. The fraction of sp³-hybridized carbons (Fsp3) is 0.434. The van der Waals surface area contributed by atoms with Gasteiger partial charge in [-0.25, -0.2) is 0 Å². The number of phenols is 2. The fourth-order valence-corrected chi connectivity index (χ4v) is 14.0. The highest BCUT2D eigenvalue weighted by molar-refractivity contribution is 8.00. The molecule has 1 saturated heterocycles. The van der Waals surface area contributed by atoms with Gasteiger partial charge in [0.25, 0.3) is 0 Å². The van der Waals surface area contributed by atoms with Gasteiger partial charge in [0, 0.05) is 68.5 Å². The van der Waals surface area contributed by atoms with Crippen LogP contribution in [0.3, 0.4) is 0 Å². The van der Waals surface area contributed by atoms with Gasteiger partial charge in [0.1, 0.15) is 78.0 Å². The van der Waals surface area contributed by atoms with Crippen LogP contribution in [0.25, 0.3) is 10.9 Å². The molecule has 35 nitrogen and oxygen atoms in total. The first-order valence-corrected chi connectivity index (χ1v) is 40.4. The maximum absolute atomic E-state index is 15.6. The Labute approximate surface area is 693 Å². The number of nitrogens with zero attached hydrogens (tertiary/aromatic N) is 1. The molecular formula is C83H110N18O17S. The number of nitrogens with two attached hydrogens (primary N) is 2. The van der Waals surface area contributed by atoms with Gasteiger partial charge in [-0.3, -0.25) is 72.5 Å². The molecule has 640 valence electrons. The number of hydrogen-bond acceptors (Lipinski definition) is 19. The number of aromatic amines is 1. The van der Waals surface area contributed by atoms with E-state index in [1.807, 2.05) is 0 Å². The molecular weight excluding hydrogens is 1550 g/mol. The van der Waals surface area contributed by atoms with Crippen LogP contribution in [0.15, 0.2) is 140 Å². The third kappa shape index (κ3) is 30.4. The summed E-state index contributed by atoms with van der Waals surface area (Å²) >= 11 is 0.826. The first-order chi connectivity index (χ1) is 56.6. The summed E-state index contributed by atoms with van der Waals surface area (Å²) in [6.07, 6.45) is 0.295. The molecule has 2 heterocycles. The van der Waals surface area contributed by atoms with E-state index < -0.39 is 181 Å². The summed E-state index contributed by atoms with van der Waals surface area (Å²) in [6, 6.07) is 18.6. The molecule has 14 amide bonds. The fourth-order valence-electron chi connectivity index (χ4n) is 13.2. The van der Waals surface area contributed by atoms with Crippen LogP contribution in [0.4, 0.5) is 0 Å². The number of hydrogen-bond donors (Lipinski definition) is 20. The van der Waals surface area contributed by atoms with Crippen LogP contribution in [0.2, 0.25) is 0 Å². The number of aliphatic hydroxyl groups is 1. The number of thioether (sulfide) groups is 1. The average molecular weight is 1660 g/mol. The van der Waals surface area contributed by atoms with Crippen LogP contribution in [0.1, 0.15) is 95.0 Å². The number of likely N-dealkylation sites (N-methyl/N-ethyl adjacent to an activating group) is 1. The number of carbonyl (C=O) groups is 14. The van der Waals surface area contributed by atoms with Crippen molar-refractivity contribution in [3.63, 3.8) is 0 Å². The molecule has 1 fully saturated rings. The lowest BCUT2D eigenvalue weighted by molar-refractivity contribution is -0.143. The lowest BCUT2D eigenvalue weighted by Gasteiger charge is -2.33. The van der Waals surface area contributed by atoms with Gasteiger partial charge in [0.2, 0.25) is 82.7 Å². The summed E-state index contributed by atoms with van der Waals surface area (Å²) in [5.74, 6) is -15.8. The van der Waals surface area contributed by atoms with Crippen molar-refractivity contribution in [2.24, 2.45) is 29.2 Å². The average Bonchev–Trinajstić information content (AvgIpc) is 1.63. The van der Waals surface area contributed by atoms with Crippen molar-refractivity contribution in [1.29, 1.82) is 5.41 Å². The number of aromatic nitrogens is 1. The quantitative estimate of drug-likeness (QED) is 0.0213. The van der Waals surface area contributed by atoms with E-state index in [1.165, 1.54) is 55.6 Å². The summed E-state index contributed by atoms with van der Waals surface area (Å²) in [5.41, 5.74) is 14.1. The minimum absolute atomic E-state index is 0.0362. The second-order valence-corrected chi connectivity index (χ2v) is 31.4. The minimum Gasteiger partial charge on any atom is -0.508 e. The smallest absolute Gasteiger partial charge is 0.245 e. The molecule has 1 aliphatic rings. The molecule has 5 aromatic carbocycles. The standard InChI is InChI=1S/C83H110N18O17S/c1-46(2)33-59-75(111)99-66(73(109)89-41-68(84)105)44-119-45-70(107)92-61(35-49-17-10-8-11-18-49)76(112)93-58(23-16-32-87-83(85)86)74(110)94-60(34-47(3)4)79(115)100-71(48(5)6)81(117)96-62(36-51-24-28-54(103)29-25-51)77(113)98-65(43-102)72(108)90-42-69(106)91-63(39-53-40-88-57-22-15-14-21-56(53)57)78(114)97-64(37-52-26-30-55(104)31-27-52)82(118)101(7)67(80(116)95-59)38-50-19-12-9-13-20-50/h8-15,17-22,24-31,40,46-48,58-67,71,88,102-104H,16,23,32-39,41-45H2,1-7H3,(H2,84,105)(H,89,109)(H,90,108)(H,91,106)(H,92,107)(H,93,112)(H,94,110)(H,95,116)(H,96,117)(H,97,114)(H,98,113)(H,99,111)(H,100,115)(H4,85,86,87)/t58-,59-,60-,61-,62-,63-,64-,65-,66-,67-,71-/m0/s1. The number of benzene rings is 5. The van der Waals surface area contributed by atoms with Gasteiger partial charge < -0.3 is 106 Å². The SMILES string of the molecule is CC(C)C[C@@H]1NC(=O)[C@H](CCCNC(=N)N)NC(=O)[C@H](Cc2ccccc2)NC(=O)CSC[C@@H](C(=O)NCC(N)=O)NC(=O)[C@H](CC(C)C)NC(=O)[C@H](Cc2ccccc2)N(C)C(=O)[C@H](Cc2ccc(O)cc2)NC(=O)[C@H](Cc2c[nH]c3ccccc23)NC(=O)CNC(=O)[C@H](CO)NC(=O)[C@H](Cc2ccc(O)cc2)NC(=O)[C@H](C(C)C)NC1=O. The number of aromatic hydroxyl groups is 2. The Morgan fingerprint density at radius 3 is 1.52 bits per heavy atom. The van der Waals surface area contributed by atoms with E-state index in [4.69, 9.17) is 16.9 Å². The van der Waals surface area contributed by atoms with Gasteiger partial charge in [0.05, 0.1) is 25.4 Å². The molecule has 0 unspecified atom stereocenters. The van der Waals surface area contributed by atoms with Gasteiger partial charge in [-0.1, -0.05) is 145 Å². The monoisotopic (exact) mass is 1660 g/mol. The number of phenolic OH excluding ortho intramolecular Hbond substituents is 2. The Balaban J connectivity index is 1.31. The Hall–Kier alpha value is -12.6. The molecule has 6 aromatic rings. The predicted octanol–water partition coefficient (Wildman–Crippen LogP) is -0.764. The van der Waals surface area contributed by atoms with Crippen molar-refractivity contribution in [3.8, 4) is 11.5 Å². The number of nitrogens with one attached hydrogen (secondary N) is 15. The first kappa shape index (κ1) is 93.6. The van der Waals surface area contributed by atoms with Gasteiger partial charge in [0.15, 0.2) is 5.96 Å². The summed E-state index contributed by atoms with van der Waals surface area (Å²) < 4.78 is 0. The minimum atomic E-state index is -1.82. The Kier molecular flexibility index (Phi) is 36.5. The van der Waals surface area contributed by atoms with Crippen molar-refractivity contribution in [2.45, 2.75) is 166 Å². The summed E-state index contributed by atoms with van der Waals surface area (Å²) in [5, 5.41) is 74.0. The molecule has 11 atom stereocenters. The van der Waals surface area contributed by atoms with Gasteiger partial charge in [-0.15, -0.1) is 11.8 Å². The van der Waals surface area contributed by atoms with Crippen LogP contribution < -0.4 is 80.6 Å². The zero-order valence-electron chi connectivity index (χ0n) is 67.5. The first-order valence-electron chi connectivity index (χ1n) is 39.2. The topological polar surface area (TPSA) is 551 Å². The second kappa shape index (κ2) is 46.4. The third-order valence-corrected chi connectivity index (χ3v) is 20.5. The van der Waals surface area contributed by atoms with Crippen LogP contribution in [0, 0.1) is 23.2 Å². The molecule has 0 aliphatic carbocycles. The molecule has 0 spiro atoms. The molecule has 36 heteroatoms. The van der Waals surface area contributed by atoms with Gasteiger partial charge in [-0.05, 0) is 102 Å². The highest BCUT2D eigenvalue weighted by Gasteiger charge is 2.40. The van der Waals surface area contributed by atoms with E-state index in [-0.39, 0.29) is 99.4 Å². The zero-order valence-corrected chi connectivity index (χ0v) is 68.4. The highest BCUT2D eigenvalue weighted by Crippen LogP contribution is 2.23. The summed E-state index contributed by atoms with van der Waals surface area (Å²) in [6.45, 7) is 7.62. The Morgan fingerprint density at radius 2 is 0.966 bits per heavy atom. The van der Waals surface area contributed by atoms with E-state index in [0.717, 1.165) is 16.7 Å². The molecule has 7 rings (SSSR count). The number of amides is 14. The lowest BCUT2D eigenvalue weighted by Crippen LogP contribution is -2.61. The van der Waals surface area contributed by atoms with Crippen molar-refractivity contribution in [1.82, 2.24) is 79.0 Å². The Morgan fingerprint density at radius 1 is 0.504 bits per heavy atom. The predicted molar refractivity (Wildman–Crippen MR) is 444 cm³/mol. The number of guanidine groups is 1. The summed E-state index contributed by atoms with van der Waals surface area (Å²) in [4.78, 5) is 208. The van der Waals surface area contributed by atoms with Crippen LogP contribution in [0.5, 0.6) is 11.5 Å². The van der Waals surface area contributed by atoms with E-state index in [9.17, 15) is 68.1 Å². The second-order valence-electron chi connectivity index (χ2n) is 30.4. The maximum atomic E-state index is 15.6. The molecule has 1 aliphatic heterocycles. The van der Waals surface area contributed by atoms with E-state index in [1.54, 1.807) is 133 Å². The number of para-hydroxylation sites is 1. The van der Waals surface area contributed by atoms with Gasteiger partial charge >= 0.3 is 0 Å². The largest absolute Gasteiger partial charge is 0.508 e. The number of primary amides is 1. The van der Waals surface area contributed by atoms with Crippen molar-refractivity contribution in [3.05, 3.63) is 167 Å². The normalized spacial score (nSPS) is 22.2. The van der Waals surface area contributed by atoms with Crippen molar-refractivity contribution >= 4 is 111 Å². The van der Waals surface area contributed by atoms with Crippen molar-refractivity contribution in [2.75, 3.05) is 44.8 Å². The highest BCUT2D eigenvalue weighted by atomic mass is 32.2. The molecule has 22 N–H and O–H groups in total. The third-order valence-electron chi connectivity index (χ3n) is 19.4. The number of aliphatic hydroxyl groups excluding tert-OH is 1. The van der Waals surface area contributed by atoms with E-state index in [0.29, 0.717) is 38.7 Å². The van der Waals surface area contributed by atoms with Crippen LogP contribution >= 0.6 is 11.8 Å². The molecule has 0 radical (unpaired) electrons. The molecule has 0 bridgehead atoms. The van der Waals surface area contributed by atoms with E-state index >= 15 is 14.4 Å². The number of fused-ring (bicyclic) bond motifs is 1. The van der Waals surface area contributed by atoms with Crippen LogP contribution in [-0.2, 0) is 99.2 Å².